The molecule has 208 valence electrons. The fourth-order valence-electron chi connectivity index (χ4n) is 4.80. The molecular formula is C26H35N3O8S. The van der Waals surface area contributed by atoms with Gasteiger partial charge in [-0.3, -0.25) is 8.37 Å². The third-order valence-corrected chi connectivity index (χ3v) is 7.34. The minimum atomic E-state index is -1.66. The Morgan fingerprint density at radius 1 is 1.21 bits per heavy atom. The van der Waals surface area contributed by atoms with Gasteiger partial charge in [0.1, 0.15) is 12.4 Å². The van der Waals surface area contributed by atoms with Crippen LogP contribution in [0.3, 0.4) is 0 Å². The number of aromatic nitrogens is 2. The number of nitrogens with zero attached hydrogens (tertiary/aromatic N) is 3. The maximum absolute atomic E-state index is 11.7. The number of carboxylic acid groups (broad SMARTS) is 1. The van der Waals surface area contributed by atoms with Crippen LogP contribution in [0.1, 0.15) is 44.2 Å². The minimum absolute atomic E-state index is 0.0930. The van der Waals surface area contributed by atoms with Crippen molar-refractivity contribution < 1.29 is 36.7 Å². The zero-order chi connectivity index (χ0) is 27.2. The van der Waals surface area contributed by atoms with Crippen molar-refractivity contribution in [2.45, 2.75) is 58.6 Å². The molecule has 0 saturated carbocycles. The van der Waals surface area contributed by atoms with Gasteiger partial charge in [0.25, 0.3) is 0 Å². The van der Waals surface area contributed by atoms with E-state index < -0.39 is 17.5 Å². The van der Waals surface area contributed by atoms with Crippen molar-refractivity contribution in [2.24, 2.45) is 11.8 Å². The van der Waals surface area contributed by atoms with E-state index in [0.29, 0.717) is 73.8 Å². The Balaban J connectivity index is 1.44. The Kier molecular flexibility index (Phi) is 9.40. The maximum atomic E-state index is 11.7. The number of benzene rings is 1. The number of methoxy groups -OCH3 is 1. The van der Waals surface area contributed by atoms with Crippen LogP contribution in [-0.4, -0.2) is 69.3 Å². The molecule has 2 aliphatic rings. The first kappa shape index (κ1) is 28.1. The Labute approximate surface area is 225 Å². The Hall–Kier alpha value is -2.96. The van der Waals surface area contributed by atoms with E-state index in [1.165, 1.54) is 11.2 Å². The normalized spacial score (nSPS) is 23.8. The SMILES string of the molecule is COc1cc(CC2COS(=O)OC2)ccc1Oc1ncnc(O[C@@H]2CCN(C(=O)O)[C@H](CC(C)C)C2)c1C. The van der Waals surface area contributed by atoms with Gasteiger partial charge >= 0.3 is 17.5 Å². The van der Waals surface area contributed by atoms with Crippen LogP contribution < -0.4 is 14.2 Å². The highest BCUT2D eigenvalue weighted by Crippen LogP contribution is 2.36. The second-order valence-corrected chi connectivity index (χ2v) is 10.9. The van der Waals surface area contributed by atoms with E-state index >= 15 is 0 Å². The van der Waals surface area contributed by atoms with Crippen LogP contribution in [0.15, 0.2) is 24.5 Å². The molecule has 2 aliphatic heterocycles. The zero-order valence-corrected chi connectivity index (χ0v) is 22.9. The fourth-order valence-corrected chi connectivity index (χ4v) is 5.48. The van der Waals surface area contributed by atoms with Crippen molar-refractivity contribution in [1.29, 1.82) is 0 Å². The smallest absolute Gasteiger partial charge is 0.407 e. The molecule has 1 amide bonds. The molecular weight excluding hydrogens is 514 g/mol. The average Bonchev–Trinajstić information content (AvgIpc) is 2.88. The highest BCUT2D eigenvalue weighted by molar-refractivity contribution is 7.75. The number of ether oxygens (including phenoxy) is 3. The van der Waals surface area contributed by atoms with Crippen molar-refractivity contribution in [3.63, 3.8) is 0 Å². The van der Waals surface area contributed by atoms with Crippen molar-refractivity contribution >= 4 is 17.5 Å². The summed E-state index contributed by atoms with van der Waals surface area (Å²) in [5.74, 6) is 2.26. The molecule has 1 aromatic carbocycles. The van der Waals surface area contributed by atoms with Crippen molar-refractivity contribution in [1.82, 2.24) is 14.9 Å². The molecule has 2 aromatic rings. The summed E-state index contributed by atoms with van der Waals surface area (Å²) < 4.78 is 39.3. The highest BCUT2D eigenvalue weighted by atomic mass is 32.2. The maximum Gasteiger partial charge on any atom is 0.407 e. The lowest BCUT2D eigenvalue weighted by Crippen LogP contribution is -2.48. The van der Waals surface area contributed by atoms with E-state index in [1.54, 1.807) is 7.11 Å². The molecule has 2 fully saturated rings. The summed E-state index contributed by atoms with van der Waals surface area (Å²) >= 11 is -1.66. The van der Waals surface area contributed by atoms with Crippen LogP contribution >= 0.6 is 0 Å². The van der Waals surface area contributed by atoms with E-state index in [1.807, 2.05) is 25.1 Å². The van der Waals surface area contributed by atoms with Gasteiger partial charge in [0.2, 0.25) is 11.8 Å². The van der Waals surface area contributed by atoms with Crippen molar-refractivity contribution in [3.05, 3.63) is 35.7 Å². The molecule has 0 radical (unpaired) electrons. The third-order valence-electron chi connectivity index (χ3n) is 6.69. The predicted octanol–water partition coefficient (Wildman–Crippen LogP) is 4.31. The molecule has 0 aliphatic carbocycles. The number of carbonyl (C=O) groups is 1. The van der Waals surface area contributed by atoms with Crippen LogP contribution in [0.4, 0.5) is 4.79 Å². The lowest BCUT2D eigenvalue weighted by Gasteiger charge is -2.38. The van der Waals surface area contributed by atoms with Crippen LogP contribution in [0, 0.1) is 18.8 Å². The molecule has 0 spiro atoms. The topological polar surface area (TPSA) is 130 Å². The fraction of sp³-hybridized carbons (Fsp3) is 0.577. The molecule has 0 bridgehead atoms. The van der Waals surface area contributed by atoms with Crippen molar-refractivity contribution in [3.8, 4) is 23.3 Å². The summed E-state index contributed by atoms with van der Waals surface area (Å²) in [4.78, 5) is 21.8. The number of piperidine rings is 1. The van der Waals surface area contributed by atoms with Gasteiger partial charge in [-0.05, 0) is 43.4 Å². The highest BCUT2D eigenvalue weighted by Gasteiger charge is 2.33. The van der Waals surface area contributed by atoms with E-state index in [0.717, 1.165) is 12.0 Å². The molecule has 11 nitrogen and oxygen atoms in total. The first-order chi connectivity index (χ1) is 18.2. The Morgan fingerprint density at radius 3 is 2.63 bits per heavy atom. The quantitative estimate of drug-likeness (QED) is 0.483. The molecule has 2 atom stereocenters. The second-order valence-electron chi connectivity index (χ2n) is 10.1. The van der Waals surface area contributed by atoms with Crippen LogP contribution in [0.25, 0.3) is 0 Å². The monoisotopic (exact) mass is 549 g/mol. The van der Waals surface area contributed by atoms with Gasteiger partial charge in [-0.2, -0.15) is 4.21 Å². The van der Waals surface area contributed by atoms with E-state index in [-0.39, 0.29) is 18.1 Å². The van der Waals surface area contributed by atoms with Crippen LogP contribution in [0.2, 0.25) is 0 Å². The summed E-state index contributed by atoms with van der Waals surface area (Å²) in [6.07, 6.45) is 2.99. The largest absolute Gasteiger partial charge is 0.493 e. The van der Waals surface area contributed by atoms with E-state index in [9.17, 15) is 14.1 Å². The van der Waals surface area contributed by atoms with Crippen LogP contribution in [-0.2, 0) is 26.1 Å². The van der Waals surface area contributed by atoms with Crippen molar-refractivity contribution in [2.75, 3.05) is 26.9 Å². The summed E-state index contributed by atoms with van der Waals surface area (Å²) in [5, 5.41) is 9.59. The van der Waals surface area contributed by atoms with E-state index in [4.69, 9.17) is 22.6 Å². The lowest BCUT2D eigenvalue weighted by atomic mass is 9.92. The average molecular weight is 550 g/mol. The third kappa shape index (κ3) is 7.12. The molecule has 38 heavy (non-hydrogen) atoms. The first-order valence-corrected chi connectivity index (χ1v) is 13.7. The molecule has 2 saturated heterocycles. The number of amides is 1. The second kappa shape index (κ2) is 12.7. The van der Waals surface area contributed by atoms with Gasteiger partial charge in [0, 0.05) is 31.3 Å². The lowest BCUT2D eigenvalue weighted by molar-refractivity contribution is 0.0450. The summed E-state index contributed by atoms with van der Waals surface area (Å²) in [5.41, 5.74) is 1.65. The Bertz CT molecular complexity index is 1140. The summed E-state index contributed by atoms with van der Waals surface area (Å²) in [7, 11) is 1.57. The predicted molar refractivity (Wildman–Crippen MR) is 139 cm³/mol. The number of likely N-dealkylation sites (tertiary alicyclic amines) is 1. The van der Waals surface area contributed by atoms with Gasteiger partial charge in [-0.25, -0.2) is 14.8 Å². The molecule has 4 rings (SSSR count). The number of hydrogen-bond donors (Lipinski definition) is 1. The summed E-state index contributed by atoms with van der Waals surface area (Å²) in [6.45, 7) is 7.16. The van der Waals surface area contributed by atoms with Gasteiger partial charge in [-0.15, -0.1) is 0 Å². The standard InChI is InChI=1S/C26H35N3O8S/c1-16(2)9-20-12-21(7-8-29(20)26(30)31)36-24-17(3)25(28-15-27-24)37-22-6-5-18(11-23(22)33-4)10-19-13-34-38(32)35-14-19/h5-6,11,15-16,19-21H,7-10,12-14H2,1-4H3,(H,30,31)/t19?,20-,21-,38?/m1/s1. The molecule has 3 heterocycles. The molecule has 1 N–H and O–H groups in total. The number of rotatable bonds is 9. The minimum Gasteiger partial charge on any atom is -0.493 e. The van der Waals surface area contributed by atoms with Crippen LogP contribution in [0.5, 0.6) is 23.3 Å². The van der Waals surface area contributed by atoms with Gasteiger partial charge in [0.05, 0.1) is 25.9 Å². The van der Waals surface area contributed by atoms with Gasteiger partial charge in [-0.1, -0.05) is 19.9 Å². The zero-order valence-electron chi connectivity index (χ0n) is 22.1. The first-order valence-electron chi connectivity index (χ1n) is 12.7. The van der Waals surface area contributed by atoms with Gasteiger partial charge < -0.3 is 24.2 Å². The Morgan fingerprint density at radius 2 is 1.95 bits per heavy atom. The van der Waals surface area contributed by atoms with E-state index in [2.05, 4.69) is 23.8 Å². The van der Waals surface area contributed by atoms with Gasteiger partial charge in [0.15, 0.2) is 11.5 Å². The molecule has 0 unspecified atom stereocenters. The number of hydrogen-bond acceptors (Lipinski definition) is 9. The summed E-state index contributed by atoms with van der Waals surface area (Å²) in [6, 6.07) is 5.54. The molecule has 1 aromatic heterocycles. The molecule has 12 heteroatoms.